The first kappa shape index (κ1) is 26.2. The first-order chi connectivity index (χ1) is 15.8. The quantitative estimate of drug-likeness (QED) is 0.324. The number of nitrogens with zero attached hydrogens (tertiary/aromatic N) is 2. The molecule has 0 aliphatic rings. The summed E-state index contributed by atoms with van der Waals surface area (Å²) in [7, 11) is 2.84. The molecule has 11 heteroatoms. The highest BCUT2D eigenvalue weighted by molar-refractivity contribution is 6.35. The van der Waals surface area contributed by atoms with E-state index in [0.717, 1.165) is 0 Å². The second kappa shape index (κ2) is 12.3. The minimum absolute atomic E-state index is 0.147. The van der Waals surface area contributed by atoms with Crippen molar-refractivity contribution in [3.05, 3.63) is 34.3 Å². The summed E-state index contributed by atoms with van der Waals surface area (Å²) >= 11 is 12.6. The van der Waals surface area contributed by atoms with Crippen LogP contribution in [0.15, 0.2) is 34.5 Å². The van der Waals surface area contributed by atoms with Crippen molar-refractivity contribution in [2.24, 2.45) is 10.2 Å². The molecule has 0 heterocycles. The van der Waals surface area contributed by atoms with E-state index < -0.39 is 17.7 Å². The van der Waals surface area contributed by atoms with Crippen LogP contribution in [0.1, 0.15) is 20.8 Å². The first-order valence-electron chi connectivity index (χ1n) is 9.99. The molecule has 1 atom stereocenters. The zero-order valence-corrected chi connectivity index (χ0v) is 20.4. The fraction of sp³-hybridized carbons (Fsp3) is 0.364. The second-order valence-electron chi connectivity index (χ2n) is 6.47. The Morgan fingerprint density at radius 1 is 0.939 bits per heavy atom. The molecule has 1 amide bonds. The Hall–Kier alpha value is -3.04. The van der Waals surface area contributed by atoms with Gasteiger partial charge in [-0.3, -0.25) is 9.59 Å². The molecule has 2 rings (SSSR count). The van der Waals surface area contributed by atoms with Crippen molar-refractivity contribution >= 4 is 46.3 Å². The monoisotopic (exact) mass is 497 g/mol. The van der Waals surface area contributed by atoms with Crippen molar-refractivity contribution in [3.63, 3.8) is 0 Å². The summed E-state index contributed by atoms with van der Waals surface area (Å²) in [5, 5.41) is 10.9. The van der Waals surface area contributed by atoms with Gasteiger partial charge in [0.05, 0.1) is 33.1 Å². The number of benzene rings is 2. The van der Waals surface area contributed by atoms with Gasteiger partial charge in [-0.2, -0.15) is 5.11 Å². The van der Waals surface area contributed by atoms with Crippen LogP contribution in [-0.2, 0) is 9.59 Å². The molecule has 0 aromatic heterocycles. The maximum absolute atomic E-state index is 12.9. The number of ether oxygens (including phenoxy) is 4. The average molecular weight is 498 g/mol. The summed E-state index contributed by atoms with van der Waals surface area (Å²) < 4.78 is 21.4. The van der Waals surface area contributed by atoms with Gasteiger partial charge in [0.2, 0.25) is 6.04 Å². The van der Waals surface area contributed by atoms with Crippen LogP contribution in [-0.4, -0.2) is 45.2 Å². The molecule has 0 fully saturated rings. The molecular weight excluding hydrogens is 473 g/mol. The zero-order valence-electron chi connectivity index (χ0n) is 18.9. The van der Waals surface area contributed by atoms with Crippen molar-refractivity contribution in [1.29, 1.82) is 0 Å². The Labute approximate surface area is 202 Å². The SMILES string of the molecule is CCOc1ccc(OCC)c(N=NC(C(C)=O)C(=O)Nc2ccc(OC)c(Cl)c2OC)c1Cl. The summed E-state index contributed by atoms with van der Waals surface area (Å²) in [4.78, 5) is 25.1. The molecule has 9 nitrogen and oxygen atoms in total. The third kappa shape index (κ3) is 6.27. The van der Waals surface area contributed by atoms with E-state index in [-0.39, 0.29) is 27.2 Å². The molecular formula is C22H25Cl2N3O6. The summed E-state index contributed by atoms with van der Waals surface area (Å²) in [6, 6.07) is 4.90. The number of rotatable bonds is 11. The molecule has 0 aliphatic heterocycles. The summed E-state index contributed by atoms with van der Waals surface area (Å²) in [6.45, 7) is 5.56. The Bertz CT molecular complexity index is 1050. The third-order valence-corrected chi connectivity index (χ3v) is 5.02. The van der Waals surface area contributed by atoms with E-state index in [1.54, 1.807) is 25.1 Å². The number of carbonyl (C=O) groups is 2. The predicted octanol–water partition coefficient (Wildman–Crippen LogP) is 5.49. The van der Waals surface area contributed by atoms with Crippen molar-refractivity contribution in [3.8, 4) is 23.0 Å². The lowest BCUT2D eigenvalue weighted by molar-refractivity contribution is -0.126. The van der Waals surface area contributed by atoms with Gasteiger partial charge in [-0.05, 0) is 45.0 Å². The number of methoxy groups -OCH3 is 2. The fourth-order valence-corrected chi connectivity index (χ4v) is 3.36. The molecule has 1 N–H and O–H groups in total. The molecule has 2 aromatic carbocycles. The van der Waals surface area contributed by atoms with Gasteiger partial charge >= 0.3 is 0 Å². The smallest absolute Gasteiger partial charge is 0.258 e. The van der Waals surface area contributed by atoms with Gasteiger partial charge in [0.15, 0.2) is 11.5 Å². The highest BCUT2D eigenvalue weighted by Crippen LogP contribution is 2.42. The van der Waals surface area contributed by atoms with Gasteiger partial charge in [-0.25, -0.2) is 0 Å². The number of azo groups is 1. The number of nitrogens with one attached hydrogen (secondary N) is 1. The number of halogens is 2. The van der Waals surface area contributed by atoms with Crippen LogP contribution in [0.25, 0.3) is 0 Å². The lowest BCUT2D eigenvalue weighted by Gasteiger charge is -2.15. The minimum Gasteiger partial charge on any atom is -0.495 e. The largest absolute Gasteiger partial charge is 0.495 e. The zero-order chi connectivity index (χ0) is 24.5. The lowest BCUT2D eigenvalue weighted by atomic mass is 10.2. The minimum atomic E-state index is -1.46. The Kier molecular flexibility index (Phi) is 9.74. The topological polar surface area (TPSA) is 108 Å². The van der Waals surface area contributed by atoms with Crippen LogP contribution < -0.4 is 24.3 Å². The van der Waals surface area contributed by atoms with E-state index in [2.05, 4.69) is 15.5 Å². The van der Waals surface area contributed by atoms with Crippen molar-refractivity contribution in [1.82, 2.24) is 0 Å². The molecule has 2 aromatic rings. The molecule has 0 saturated heterocycles. The van der Waals surface area contributed by atoms with Crippen molar-refractivity contribution < 1.29 is 28.5 Å². The van der Waals surface area contributed by atoms with Crippen LogP contribution in [0, 0.1) is 0 Å². The summed E-state index contributed by atoms with van der Waals surface area (Å²) in [5.41, 5.74) is 0.384. The Morgan fingerprint density at radius 3 is 2.12 bits per heavy atom. The molecule has 1 unspecified atom stereocenters. The van der Waals surface area contributed by atoms with E-state index >= 15 is 0 Å². The van der Waals surface area contributed by atoms with Crippen LogP contribution in [0.2, 0.25) is 10.0 Å². The van der Waals surface area contributed by atoms with Crippen LogP contribution in [0.4, 0.5) is 11.4 Å². The van der Waals surface area contributed by atoms with Crippen molar-refractivity contribution in [2.45, 2.75) is 26.8 Å². The number of carbonyl (C=O) groups excluding carboxylic acids is 2. The van der Waals surface area contributed by atoms with Crippen LogP contribution >= 0.6 is 23.2 Å². The number of hydrogen-bond donors (Lipinski definition) is 1. The van der Waals surface area contributed by atoms with E-state index in [9.17, 15) is 9.59 Å². The standard InChI is InChI=1S/C22H25Cl2N3O6/c1-6-32-15-10-11-16(33-7-2)20(17(15)23)27-26-19(12(3)28)22(29)25-13-8-9-14(30-4)18(24)21(13)31-5/h8-11,19H,6-7H2,1-5H3,(H,25,29). The maximum atomic E-state index is 12.9. The molecule has 0 aliphatic carbocycles. The molecule has 33 heavy (non-hydrogen) atoms. The molecule has 0 radical (unpaired) electrons. The number of amides is 1. The van der Waals surface area contributed by atoms with Gasteiger partial charge < -0.3 is 24.3 Å². The molecule has 0 spiro atoms. The average Bonchev–Trinajstić information content (AvgIpc) is 2.78. The number of ketones is 1. The second-order valence-corrected chi connectivity index (χ2v) is 7.23. The van der Waals surface area contributed by atoms with E-state index in [1.165, 1.54) is 27.2 Å². The highest BCUT2D eigenvalue weighted by atomic mass is 35.5. The first-order valence-corrected chi connectivity index (χ1v) is 10.7. The highest BCUT2D eigenvalue weighted by Gasteiger charge is 2.26. The molecule has 0 bridgehead atoms. The van der Waals surface area contributed by atoms with Crippen LogP contribution in [0.5, 0.6) is 23.0 Å². The van der Waals surface area contributed by atoms with Crippen LogP contribution in [0.3, 0.4) is 0 Å². The molecule has 0 saturated carbocycles. The normalized spacial score (nSPS) is 11.7. The number of hydrogen-bond acceptors (Lipinski definition) is 8. The van der Waals surface area contributed by atoms with E-state index in [4.69, 9.17) is 42.1 Å². The molecule has 178 valence electrons. The third-order valence-electron chi connectivity index (χ3n) is 4.29. The van der Waals surface area contributed by atoms with E-state index in [0.29, 0.717) is 30.5 Å². The maximum Gasteiger partial charge on any atom is 0.258 e. The number of anilines is 1. The lowest BCUT2D eigenvalue weighted by Crippen LogP contribution is -2.32. The summed E-state index contributed by atoms with van der Waals surface area (Å²) in [5.74, 6) is -0.0268. The van der Waals surface area contributed by atoms with Gasteiger partial charge in [0.25, 0.3) is 5.91 Å². The van der Waals surface area contributed by atoms with Crippen molar-refractivity contribution in [2.75, 3.05) is 32.8 Å². The number of Topliss-reactive ketones (excluding diaryl/α,β-unsaturated/α-hetero) is 1. The van der Waals surface area contributed by atoms with Gasteiger partial charge in [-0.1, -0.05) is 23.2 Å². The van der Waals surface area contributed by atoms with E-state index in [1.807, 2.05) is 6.92 Å². The van der Waals surface area contributed by atoms with Gasteiger partial charge in [0.1, 0.15) is 33.0 Å². The Balaban J connectivity index is 2.39. The predicted molar refractivity (Wildman–Crippen MR) is 126 cm³/mol. The fourth-order valence-electron chi connectivity index (χ4n) is 2.79. The summed E-state index contributed by atoms with van der Waals surface area (Å²) in [6.07, 6.45) is 0. The van der Waals surface area contributed by atoms with Gasteiger partial charge in [-0.15, -0.1) is 5.11 Å². The Morgan fingerprint density at radius 2 is 1.55 bits per heavy atom. The van der Waals surface area contributed by atoms with Gasteiger partial charge in [0, 0.05) is 0 Å².